The smallest absolute Gasteiger partial charge is 0.0393 e. The Bertz CT molecular complexity index is 91.5. The molecule has 0 nitrogen and oxygen atoms in total. The van der Waals surface area contributed by atoms with Gasteiger partial charge in [-0.1, -0.05) is 33.1 Å². The first-order chi connectivity index (χ1) is 4.95. The van der Waals surface area contributed by atoms with Gasteiger partial charge in [0, 0.05) is 4.87 Å². The first-order valence-corrected chi connectivity index (χ1v) is 5.02. The van der Waals surface area contributed by atoms with Gasteiger partial charge in [-0.25, -0.2) is 0 Å². The van der Waals surface area contributed by atoms with Crippen molar-refractivity contribution < 1.29 is 0 Å². The summed E-state index contributed by atoms with van der Waals surface area (Å²) in [7, 11) is 0. The zero-order chi connectivity index (χ0) is 8.91. The number of rotatable bonds is 5. The monoisotopic (exact) mass is 176 g/mol. The molecule has 0 rings (SSSR count). The minimum Gasteiger partial charge on any atom is -0.120 e. The van der Waals surface area contributed by atoms with Crippen molar-refractivity contribution in [3.8, 4) is 0 Å². The molecule has 0 radical (unpaired) electrons. The Balaban J connectivity index is 3.44. The molecular weight excluding hydrogens is 156 g/mol. The molecule has 1 unspecified atom stereocenters. The summed E-state index contributed by atoms with van der Waals surface area (Å²) in [6.07, 6.45) is 5.10. The maximum absolute atomic E-state index is 6.11. The fraction of sp³-hybridized carbons (Fsp3) is 1.00. The van der Waals surface area contributed by atoms with E-state index in [0.717, 1.165) is 12.3 Å². The summed E-state index contributed by atoms with van der Waals surface area (Å²) in [6, 6.07) is 0. The molecule has 0 aliphatic carbocycles. The van der Waals surface area contributed by atoms with Crippen LogP contribution in [-0.4, -0.2) is 4.87 Å². The van der Waals surface area contributed by atoms with Crippen molar-refractivity contribution in [2.45, 2.75) is 58.3 Å². The molecule has 0 aromatic rings. The predicted octanol–water partition coefficient (Wildman–Crippen LogP) is 4.22. The highest BCUT2D eigenvalue weighted by Gasteiger charge is 2.16. The third kappa shape index (κ3) is 8.19. The van der Waals surface area contributed by atoms with Crippen molar-refractivity contribution in [3.63, 3.8) is 0 Å². The molecule has 0 N–H and O–H groups in total. The lowest BCUT2D eigenvalue weighted by Gasteiger charge is -2.20. The van der Waals surface area contributed by atoms with Crippen LogP contribution in [0.15, 0.2) is 0 Å². The lowest BCUT2D eigenvalue weighted by molar-refractivity contribution is 0.422. The van der Waals surface area contributed by atoms with Crippen molar-refractivity contribution in [2.75, 3.05) is 0 Å². The second-order valence-electron chi connectivity index (χ2n) is 4.17. The van der Waals surface area contributed by atoms with Gasteiger partial charge >= 0.3 is 0 Å². The molecule has 0 fully saturated rings. The highest BCUT2D eigenvalue weighted by Crippen LogP contribution is 2.25. The maximum Gasteiger partial charge on any atom is 0.0393 e. The number of hydrogen-bond acceptors (Lipinski definition) is 0. The minimum atomic E-state index is -0.00679. The van der Waals surface area contributed by atoms with Gasteiger partial charge in [0.1, 0.15) is 0 Å². The molecule has 0 saturated heterocycles. The molecule has 0 aliphatic heterocycles. The van der Waals surface area contributed by atoms with E-state index in [1.807, 2.05) is 0 Å². The average Bonchev–Trinajstić information content (AvgIpc) is 1.79. The van der Waals surface area contributed by atoms with Crippen molar-refractivity contribution in [1.29, 1.82) is 0 Å². The number of hydrogen-bond donors (Lipinski definition) is 0. The quantitative estimate of drug-likeness (QED) is 0.551. The van der Waals surface area contributed by atoms with Gasteiger partial charge in [-0.3, -0.25) is 0 Å². The van der Waals surface area contributed by atoms with Crippen molar-refractivity contribution >= 4 is 11.6 Å². The Morgan fingerprint density at radius 2 is 1.91 bits per heavy atom. The topological polar surface area (TPSA) is 0 Å². The van der Waals surface area contributed by atoms with Crippen LogP contribution in [0.5, 0.6) is 0 Å². The lowest BCUT2D eigenvalue weighted by atomic mass is 9.94. The predicted molar refractivity (Wildman–Crippen MR) is 53.2 cm³/mol. The third-order valence-corrected chi connectivity index (χ3v) is 2.04. The Labute approximate surface area is 76.3 Å². The molecule has 0 aromatic carbocycles. The van der Waals surface area contributed by atoms with E-state index in [4.69, 9.17) is 11.6 Å². The van der Waals surface area contributed by atoms with Crippen LogP contribution in [0, 0.1) is 5.92 Å². The Kier molecular flexibility index (Phi) is 5.16. The van der Waals surface area contributed by atoms with Gasteiger partial charge in [0.05, 0.1) is 0 Å². The van der Waals surface area contributed by atoms with Crippen LogP contribution in [0.4, 0.5) is 0 Å². The SMILES string of the molecule is CCCCC(C)CC(C)(C)Cl. The summed E-state index contributed by atoms with van der Waals surface area (Å²) in [5.74, 6) is 0.780. The fourth-order valence-corrected chi connectivity index (χ4v) is 1.75. The van der Waals surface area contributed by atoms with Crippen LogP contribution >= 0.6 is 11.6 Å². The van der Waals surface area contributed by atoms with E-state index in [0.29, 0.717) is 0 Å². The molecule has 0 aromatic heterocycles. The van der Waals surface area contributed by atoms with E-state index in [9.17, 15) is 0 Å². The van der Waals surface area contributed by atoms with Crippen molar-refractivity contribution in [1.82, 2.24) is 0 Å². The first-order valence-electron chi connectivity index (χ1n) is 4.64. The molecule has 0 bridgehead atoms. The Hall–Kier alpha value is 0.290. The van der Waals surface area contributed by atoms with Gasteiger partial charge in [0.15, 0.2) is 0 Å². The number of halogens is 1. The maximum atomic E-state index is 6.11. The molecule has 11 heavy (non-hydrogen) atoms. The van der Waals surface area contributed by atoms with Gasteiger partial charge < -0.3 is 0 Å². The van der Waals surface area contributed by atoms with Crippen LogP contribution in [0.2, 0.25) is 0 Å². The van der Waals surface area contributed by atoms with E-state index in [-0.39, 0.29) is 4.87 Å². The van der Waals surface area contributed by atoms with Crippen LogP contribution in [0.25, 0.3) is 0 Å². The van der Waals surface area contributed by atoms with E-state index in [1.165, 1.54) is 19.3 Å². The summed E-state index contributed by atoms with van der Waals surface area (Å²) >= 11 is 6.11. The third-order valence-electron chi connectivity index (χ3n) is 1.88. The van der Waals surface area contributed by atoms with Crippen LogP contribution in [0.1, 0.15) is 53.4 Å². The fourth-order valence-electron chi connectivity index (χ4n) is 1.48. The highest BCUT2D eigenvalue weighted by molar-refractivity contribution is 6.23. The summed E-state index contributed by atoms with van der Waals surface area (Å²) in [4.78, 5) is -0.00679. The zero-order valence-electron chi connectivity index (χ0n) is 8.28. The van der Waals surface area contributed by atoms with E-state index in [1.54, 1.807) is 0 Å². The van der Waals surface area contributed by atoms with E-state index < -0.39 is 0 Å². The van der Waals surface area contributed by atoms with Crippen molar-refractivity contribution in [3.05, 3.63) is 0 Å². The van der Waals surface area contributed by atoms with Crippen molar-refractivity contribution in [2.24, 2.45) is 5.92 Å². The van der Waals surface area contributed by atoms with E-state index in [2.05, 4.69) is 27.7 Å². The first kappa shape index (κ1) is 11.3. The van der Waals surface area contributed by atoms with Gasteiger partial charge in [-0.2, -0.15) is 0 Å². The lowest BCUT2D eigenvalue weighted by Crippen LogP contribution is -2.14. The summed E-state index contributed by atoms with van der Waals surface area (Å²) < 4.78 is 0. The standard InChI is InChI=1S/C10H21Cl/c1-5-6-7-9(2)8-10(3,4)11/h9H,5-8H2,1-4H3. The second kappa shape index (κ2) is 5.03. The van der Waals surface area contributed by atoms with E-state index >= 15 is 0 Å². The average molecular weight is 177 g/mol. The highest BCUT2D eigenvalue weighted by atomic mass is 35.5. The van der Waals surface area contributed by atoms with Crippen LogP contribution in [0.3, 0.4) is 0 Å². The van der Waals surface area contributed by atoms with Gasteiger partial charge in [-0.15, -0.1) is 11.6 Å². The molecule has 0 saturated carbocycles. The minimum absolute atomic E-state index is 0.00679. The molecule has 0 spiro atoms. The van der Waals surface area contributed by atoms with Crippen LogP contribution in [-0.2, 0) is 0 Å². The van der Waals surface area contributed by atoms with Crippen LogP contribution < -0.4 is 0 Å². The molecule has 0 aliphatic rings. The normalized spacial score (nSPS) is 15.0. The number of unbranched alkanes of at least 4 members (excludes halogenated alkanes) is 1. The molecule has 68 valence electrons. The summed E-state index contributed by atoms with van der Waals surface area (Å²) in [5.41, 5.74) is 0. The Morgan fingerprint density at radius 1 is 1.36 bits per heavy atom. The number of alkyl halides is 1. The largest absolute Gasteiger partial charge is 0.120 e. The van der Waals surface area contributed by atoms with Gasteiger partial charge in [0.25, 0.3) is 0 Å². The molecule has 0 heterocycles. The zero-order valence-corrected chi connectivity index (χ0v) is 9.04. The Morgan fingerprint density at radius 3 is 2.27 bits per heavy atom. The van der Waals surface area contributed by atoms with Gasteiger partial charge in [-0.05, 0) is 26.2 Å². The summed E-state index contributed by atoms with van der Waals surface area (Å²) in [6.45, 7) is 8.71. The molecular formula is C10H21Cl. The molecule has 1 heteroatoms. The van der Waals surface area contributed by atoms with Gasteiger partial charge in [0.2, 0.25) is 0 Å². The molecule has 0 amide bonds. The molecule has 1 atom stereocenters. The second-order valence-corrected chi connectivity index (χ2v) is 5.19. The summed E-state index contributed by atoms with van der Waals surface area (Å²) in [5, 5.41) is 0.